The highest BCUT2D eigenvalue weighted by Gasteiger charge is 2.20. The third-order valence-corrected chi connectivity index (χ3v) is 5.17. The number of hydrogen-bond donors (Lipinski definition) is 2. The average molecular weight is 292 g/mol. The van der Waals surface area contributed by atoms with Crippen molar-refractivity contribution >= 4 is 27.5 Å². The number of fused-ring (bicyclic) bond motifs is 1. The Morgan fingerprint density at radius 1 is 1.45 bits per heavy atom. The fourth-order valence-corrected chi connectivity index (χ4v) is 4.02. The van der Waals surface area contributed by atoms with Crippen molar-refractivity contribution in [3.8, 4) is 0 Å². The van der Waals surface area contributed by atoms with E-state index in [1.807, 2.05) is 0 Å². The predicted octanol–water partition coefficient (Wildman–Crippen LogP) is 2.72. The lowest BCUT2D eigenvalue weighted by atomic mass is 10.0. The van der Waals surface area contributed by atoms with Gasteiger partial charge in [0.05, 0.1) is 5.39 Å². The van der Waals surface area contributed by atoms with E-state index in [9.17, 15) is 9.59 Å². The van der Waals surface area contributed by atoms with Crippen LogP contribution in [0.1, 0.15) is 46.7 Å². The Morgan fingerprint density at radius 2 is 2.15 bits per heavy atom. The highest BCUT2D eigenvalue weighted by Crippen LogP contribution is 2.29. The van der Waals surface area contributed by atoms with Crippen LogP contribution < -0.4 is 5.56 Å². The molecule has 0 aromatic carbocycles. The first-order chi connectivity index (χ1) is 9.56. The summed E-state index contributed by atoms with van der Waals surface area (Å²) in [4.78, 5) is 31.3. The van der Waals surface area contributed by atoms with E-state index in [1.165, 1.54) is 25.7 Å². The molecule has 20 heavy (non-hydrogen) atoms. The lowest BCUT2D eigenvalue weighted by Gasteiger charge is -2.07. The molecule has 0 spiro atoms. The number of aromatic carboxylic acids is 1. The molecule has 3 rings (SSSR count). The Balaban J connectivity index is 2.05. The van der Waals surface area contributed by atoms with Crippen LogP contribution in [0, 0.1) is 12.8 Å². The van der Waals surface area contributed by atoms with E-state index >= 15 is 0 Å². The molecule has 1 saturated carbocycles. The smallest absolute Gasteiger partial charge is 0.346 e. The fourth-order valence-electron chi connectivity index (χ4n) is 2.98. The summed E-state index contributed by atoms with van der Waals surface area (Å²) in [6.45, 7) is 1.66. The maximum absolute atomic E-state index is 12.1. The van der Waals surface area contributed by atoms with E-state index in [0.29, 0.717) is 27.5 Å². The number of hydrogen-bond acceptors (Lipinski definition) is 4. The molecule has 106 valence electrons. The molecule has 0 saturated heterocycles. The quantitative estimate of drug-likeness (QED) is 0.911. The largest absolute Gasteiger partial charge is 0.477 e. The van der Waals surface area contributed by atoms with Gasteiger partial charge in [0.2, 0.25) is 0 Å². The fraction of sp³-hybridized carbons (Fsp3) is 0.500. The van der Waals surface area contributed by atoms with Gasteiger partial charge in [0, 0.05) is 6.42 Å². The molecule has 5 nitrogen and oxygen atoms in total. The van der Waals surface area contributed by atoms with Gasteiger partial charge in [-0.1, -0.05) is 25.7 Å². The monoisotopic (exact) mass is 292 g/mol. The highest BCUT2D eigenvalue weighted by atomic mass is 32.1. The van der Waals surface area contributed by atoms with Crippen molar-refractivity contribution in [3.63, 3.8) is 0 Å². The first-order valence-electron chi connectivity index (χ1n) is 6.82. The Hall–Kier alpha value is -1.69. The van der Waals surface area contributed by atoms with Crippen LogP contribution in [0.4, 0.5) is 0 Å². The molecule has 0 atom stereocenters. The molecule has 0 unspecified atom stereocenters. The summed E-state index contributed by atoms with van der Waals surface area (Å²) in [7, 11) is 0. The van der Waals surface area contributed by atoms with Gasteiger partial charge in [-0.2, -0.15) is 0 Å². The molecule has 0 aliphatic heterocycles. The number of carboxylic acids is 1. The van der Waals surface area contributed by atoms with Crippen molar-refractivity contribution in [3.05, 3.63) is 26.6 Å². The number of rotatable bonds is 3. The minimum Gasteiger partial charge on any atom is -0.477 e. The number of carboxylic acid groups (broad SMARTS) is 1. The maximum Gasteiger partial charge on any atom is 0.346 e. The van der Waals surface area contributed by atoms with E-state index in [1.54, 1.807) is 6.92 Å². The predicted molar refractivity (Wildman–Crippen MR) is 77.6 cm³/mol. The number of thiophene rings is 1. The molecule has 2 aromatic heterocycles. The second kappa shape index (κ2) is 5.01. The van der Waals surface area contributed by atoms with Gasteiger partial charge in [-0.05, 0) is 18.4 Å². The molecule has 2 heterocycles. The Bertz CT molecular complexity index is 726. The third kappa shape index (κ3) is 2.24. The summed E-state index contributed by atoms with van der Waals surface area (Å²) in [5.41, 5.74) is 0.294. The Labute approximate surface area is 119 Å². The van der Waals surface area contributed by atoms with Gasteiger partial charge < -0.3 is 10.1 Å². The van der Waals surface area contributed by atoms with E-state index in [-0.39, 0.29) is 10.4 Å². The molecule has 0 amide bonds. The minimum atomic E-state index is -0.998. The molecular formula is C14H16N2O3S. The lowest BCUT2D eigenvalue weighted by molar-refractivity contribution is 0.0701. The summed E-state index contributed by atoms with van der Waals surface area (Å²) >= 11 is 1.09. The molecule has 1 fully saturated rings. The number of nitrogens with zero attached hydrogens (tertiary/aromatic N) is 1. The van der Waals surface area contributed by atoms with Gasteiger partial charge in [-0.15, -0.1) is 11.3 Å². The summed E-state index contributed by atoms with van der Waals surface area (Å²) in [6, 6.07) is 0. The summed E-state index contributed by atoms with van der Waals surface area (Å²) in [6.07, 6.45) is 5.65. The number of nitrogens with one attached hydrogen (secondary N) is 1. The van der Waals surface area contributed by atoms with Gasteiger partial charge in [-0.25, -0.2) is 9.78 Å². The van der Waals surface area contributed by atoms with Gasteiger partial charge in [-0.3, -0.25) is 4.79 Å². The summed E-state index contributed by atoms with van der Waals surface area (Å²) in [5.74, 6) is 0.283. The van der Waals surface area contributed by atoms with E-state index in [4.69, 9.17) is 5.11 Å². The minimum absolute atomic E-state index is 0.205. The van der Waals surface area contributed by atoms with E-state index in [0.717, 1.165) is 17.8 Å². The first kappa shape index (κ1) is 13.3. The second-order valence-electron chi connectivity index (χ2n) is 5.41. The lowest BCUT2D eigenvalue weighted by Crippen LogP contribution is -2.14. The summed E-state index contributed by atoms with van der Waals surface area (Å²) in [5, 5.41) is 9.55. The zero-order valence-corrected chi connectivity index (χ0v) is 12.0. The van der Waals surface area contributed by atoms with Crippen molar-refractivity contribution < 1.29 is 9.90 Å². The van der Waals surface area contributed by atoms with E-state index < -0.39 is 5.97 Å². The Kier molecular flexibility index (Phi) is 3.33. The van der Waals surface area contributed by atoms with Crippen molar-refractivity contribution in [1.29, 1.82) is 0 Å². The van der Waals surface area contributed by atoms with Crippen molar-refractivity contribution in [2.75, 3.05) is 0 Å². The van der Waals surface area contributed by atoms with Crippen molar-refractivity contribution in [1.82, 2.24) is 9.97 Å². The van der Waals surface area contributed by atoms with Crippen LogP contribution in [0.15, 0.2) is 4.79 Å². The molecule has 1 aliphatic rings. The normalized spacial score (nSPS) is 16.1. The van der Waals surface area contributed by atoms with Crippen molar-refractivity contribution in [2.45, 2.75) is 39.0 Å². The van der Waals surface area contributed by atoms with Crippen LogP contribution in [0.2, 0.25) is 0 Å². The average Bonchev–Trinajstić information content (AvgIpc) is 2.97. The molecular weight excluding hydrogens is 276 g/mol. The van der Waals surface area contributed by atoms with Crippen LogP contribution in [-0.4, -0.2) is 21.0 Å². The number of H-pyrrole nitrogens is 1. The van der Waals surface area contributed by atoms with Crippen LogP contribution in [0.5, 0.6) is 0 Å². The van der Waals surface area contributed by atoms with E-state index in [2.05, 4.69) is 9.97 Å². The summed E-state index contributed by atoms with van der Waals surface area (Å²) < 4.78 is 0. The van der Waals surface area contributed by atoms with Crippen LogP contribution >= 0.6 is 11.3 Å². The standard InChI is InChI=1S/C14H16N2O3S/c1-7-10-12(17)15-9(6-8-4-2-3-5-8)16-13(10)20-11(7)14(18)19/h8H,2-6H2,1H3,(H,18,19)(H,15,16,17). The zero-order chi connectivity index (χ0) is 14.3. The molecule has 2 N–H and O–H groups in total. The van der Waals surface area contributed by atoms with Gasteiger partial charge in [0.25, 0.3) is 5.56 Å². The molecule has 0 radical (unpaired) electrons. The zero-order valence-electron chi connectivity index (χ0n) is 11.2. The topological polar surface area (TPSA) is 83.0 Å². The van der Waals surface area contributed by atoms with Gasteiger partial charge in [0.15, 0.2) is 0 Å². The van der Waals surface area contributed by atoms with Crippen LogP contribution in [0.25, 0.3) is 10.2 Å². The molecule has 6 heteroatoms. The number of carbonyl (C=O) groups is 1. The van der Waals surface area contributed by atoms with Crippen LogP contribution in [-0.2, 0) is 6.42 Å². The number of aromatic amines is 1. The Morgan fingerprint density at radius 3 is 2.80 bits per heavy atom. The van der Waals surface area contributed by atoms with Gasteiger partial charge >= 0.3 is 5.97 Å². The highest BCUT2D eigenvalue weighted by molar-refractivity contribution is 7.20. The third-order valence-electron chi connectivity index (χ3n) is 4.00. The maximum atomic E-state index is 12.1. The van der Waals surface area contributed by atoms with Gasteiger partial charge in [0.1, 0.15) is 15.5 Å². The SMILES string of the molecule is Cc1c(C(=O)O)sc2nc(CC3CCCC3)[nH]c(=O)c12. The number of aromatic nitrogens is 2. The van der Waals surface area contributed by atoms with Crippen LogP contribution in [0.3, 0.4) is 0 Å². The van der Waals surface area contributed by atoms with Crippen molar-refractivity contribution in [2.24, 2.45) is 5.92 Å². The molecule has 0 bridgehead atoms. The second-order valence-corrected chi connectivity index (χ2v) is 6.41. The first-order valence-corrected chi connectivity index (χ1v) is 7.63. The molecule has 1 aliphatic carbocycles. The number of aryl methyl sites for hydroxylation is 1. The molecule has 2 aromatic rings.